The summed E-state index contributed by atoms with van der Waals surface area (Å²) in [6, 6.07) is 5.29. The predicted molar refractivity (Wildman–Crippen MR) is 69.6 cm³/mol. The summed E-state index contributed by atoms with van der Waals surface area (Å²) < 4.78 is 5.34. The molecule has 1 aromatic carbocycles. The molecule has 1 unspecified atom stereocenters. The Morgan fingerprint density at radius 3 is 3.06 bits per heavy atom. The van der Waals surface area contributed by atoms with Crippen LogP contribution in [0.3, 0.4) is 0 Å². The number of hydrogen-bond acceptors (Lipinski definition) is 3. The van der Waals surface area contributed by atoms with Crippen LogP contribution in [0.5, 0.6) is 0 Å². The second-order valence-corrected chi connectivity index (χ2v) is 4.67. The van der Waals surface area contributed by atoms with E-state index in [0.29, 0.717) is 10.6 Å². The summed E-state index contributed by atoms with van der Waals surface area (Å²) in [5.74, 6) is -0.154. The van der Waals surface area contributed by atoms with Crippen LogP contribution in [0.15, 0.2) is 28.9 Å². The van der Waals surface area contributed by atoms with Crippen molar-refractivity contribution in [3.05, 3.63) is 35.0 Å². The van der Waals surface area contributed by atoms with Gasteiger partial charge in [0.25, 0.3) is 0 Å². The molecule has 0 radical (unpaired) electrons. The number of carbonyl (C=O) groups excluding carboxylic acids is 1. The molecule has 0 saturated heterocycles. The minimum atomic E-state index is -0.551. The number of aliphatic hydroxyl groups is 1. The molecule has 0 fully saturated rings. The van der Waals surface area contributed by atoms with E-state index < -0.39 is 6.10 Å². The number of halogens is 1. The number of nitrogens with one attached hydrogen (secondary N) is 1. The highest BCUT2D eigenvalue weighted by molar-refractivity contribution is 6.31. The van der Waals surface area contributed by atoms with Crippen molar-refractivity contribution in [3.63, 3.8) is 0 Å². The molecule has 2 aromatic rings. The van der Waals surface area contributed by atoms with Crippen LogP contribution in [0.2, 0.25) is 5.02 Å². The molecule has 0 saturated carbocycles. The van der Waals surface area contributed by atoms with Gasteiger partial charge in [-0.2, -0.15) is 0 Å². The highest BCUT2D eigenvalue weighted by Crippen LogP contribution is 2.24. The van der Waals surface area contributed by atoms with Crippen molar-refractivity contribution in [1.29, 1.82) is 0 Å². The fraction of sp³-hybridized carbons (Fsp3) is 0.308. The molecule has 1 amide bonds. The molecule has 0 aliphatic rings. The van der Waals surface area contributed by atoms with Crippen LogP contribution in [0.4, 0.5) is 0 Å². The molecule has 1 heterocycles. The second kappa shape index (κ2) is 5.42. The van der Waals surface area contributed by atoms with E-state index in [1.165, 1.54) is 0 Å². The van der Waals surface area contributed by atoms with Crippen LogP contribution < -0.4 is 5.32 Å². The largest absolute Gasteiger partial charge is 0.464 e. The zero-order valence-corrected chi connectivity index (χ0v) is 10.7. The molecular weight excluding hydrogens is 254 g/mol. The third-order valence-corrected chi connectivity index (χ3v) is 2.80. The summed E-state index contributed by atoms with van der Waals surface area (Å²) in [6.07, 6.45) is 1.22. The molecule has 0 spiro atoms. The van der Waals surface area contributed by atoms with Gasteiger partial charge in [0.15, 0.2) is 0 Å². The summed E-state index contributed by atoms with van der Waals surface area (Å²) in [5.41, 5.74) is 1.49. The lowest BCUT2D eigenvalue weighted by atomic mass is 10.1. The van der Waals surface area contributed by atoms with Crippen LogP contribution >= 0.6 is 11.6 Å². The number of amides is 1. The number of furan rings is 1. The van der Waals surface area contributed by atoms with Gasteiger partial charge >= 0.3 is 0 Å². The van der Waals surface area contributed by atoms with Crippen molar-refractivity contribution in [1.82, 2.24) is 5.32 Å². The van der Waals surface area contributed by atoms with Gasteiger partial charge in [-0.15, -0.1) is 0 Å². The summed E-state index contributed by atoms with van der Waals surface area (Å²) in [5, 5.41) is 13.2. The lowest BCUT2D eigenvalue weighted by Crippen LogP contribution is -2.31. The van der Waals surface area contributed by atoms with Gasteiger partial charge in [-0.3, -0.25) is 4.79 Å². The maximum Gasteiger partial charge on any atom is 0.224 e. The summed E-state index contributed by atoms with van der Waals surface area (Å²) >= 11 is 5.91. The molecular formula is C13H14ClNO3. The van der Waals surface area contributed by atoms with Crippen molar-refractivity contribution in [2.24, 2.45) is 0 Å². The highest BCUT2D eigenvalue weighted by Gasteiger charge is 2.11. The maximum atomic E-state index is 11.6. The van der Waals surface area contributed by atoms with Crippen molar-refractivity contribution in [3.8, 4) is 0 Å². The average Bonchev–Trinajstić information content (AvgIpc) is 2.69. The first-order chi connectivity index (χ1) is 8.56. The van der Waals surface area contributed by atoms with E-state index in [4.69, 9.17) is 21.1 Å². The topological polar surface area (TPSA) is 62.5 Å². The van der Waals surface area contributed by atoms with E-state index in [2.05, 4.69) is 5.32 Å². The fourth-order valence-corrected chi connectivity index (χ4v) is 1.86. The van der Waals surface area contributed by atoms with Crippen LogP contribution in [0, 0.1) is 0 Å². The van der Waals surface area contributed by atoms with E-state index >= 15 is 0 Å². The van der Waals surface area contributed by atoms with Gasteiger partial charge in [0.2, 0.25) is 5.91 Å². The van der Waals surface area contributed by atoms with Gasteiger partial charge in [0.05, 0.1) is 18.8 Å². The quantitative estimate of drug-likeness (QED) is 0.892. The number of fused-ring (bicyclic) bond motifs is 1. The van der Waals surface area contributed by atoms with Gasteiger partial charge in [0, 0.05) is 22.5 Å². The van der Waals surface area contributed by atoms with E-state index in [9.17, 15) is 4.79 Å². The number of carbonyl (C=O) groups is 1. The first kappa shape index (κ1) is 12.9. The second-order valence-electron chi connectivity index (χ2n) is 4.23. The predicted octanol–water partition coefficient (Wildman–Crippen LogP) is 2.13. The number of rotatable bonds is 4. The molecule has 1 aromatic heterocycles. The normalized spacial score (nSPS) is 12.6. The minimum absolute atomic E-state index is 0.154. The third kappa shape index (κ3) is 3.03. The molecule has 2 rings (SSSR count). The zero-order chi connectivity index (χ0) is 13.1. The Kier molecular flexibility index (Phi) is 3.89. The molecule has 0 bridgehead atoms. The Labute approximate surface area is 110 Å². The standard InChI is InChI=1S/C13H14ClNO3/c1-8(16)6-15-13(17)4-9-7-18-12-3-2-10(14)5-11(9)12/h2-3,5,7-8,16H,4,6H2,1H3,(H,15,17). The van der Waals surface area contributed by atoms with Crippen molar-refractivity contribution < 1.29 is 14.3 Å². The molecule has 5 heteroatoms. The first-order valence-corrected chi connectivity index (χ1v) is 6.04. The minimum Gasteiger partial charge on any atom is -0.464 e. The lowest BCUT2D eigenvalue weighted by Gasteiger charge is -2.06. The lowest BCUT2D eigenvalue weighted by molar-refractivity contribution is -0.120. The molecule has 0 aliphatic heterocycles. The monoisotopic (exact) mass is 267 g/mol. The van der Waals surface area contributed by atoms with Gasteiger partial charge in [-0.05, 0) is 25.1 Å². The molecule has 1 atom stereocenters. The van der Waals surface area contributed by atoms with E-state index in [0.717, 1.165) is 10.9 Å². The molecule has 4 nitrogen and oxygen atoms in total. The van der Waals surface area contributed by atoms with Gasteiger partial charge in [0.1, 0.15) is 5.58 Å². The van der Waals surface area contributed by atoms with E-state index in [-0.39, 0.29) is 18.9 Å². The Morgan fingerprint density at radius 2 is 2.33 bits per heavy atom. The number of hydrogen-bond donors (Lipinski definition) is 2. The van der Waals surface area contributed by atoms with Crippen molar-refractivity contribution >= 4 is 28.5 Å². The highest BCUT2D eigenvalue weighted by atomic mass is 35.5. The van der Waals surface area contributed by atoms with Gasteiger partial charge in [-0.1, -0.05) is 11.6 Å². The SMILES string of the molecule is CC(O)CNC(=O)Cc1coc2ccc(Cl)cc12. The van der Waals surface area contributed by atoms with Crippen molar-refractivity contribution in [2.75, 3.05) is 6.54 Å². The molecule has 18 heavy (non-hydrogen) atoms. The average molecular weight is 268 g/mol. The third-order valence-electron chi connectivity index (χ3n) is 2.56. The van der Waals surface area contributed by atoms with Crippen molar-refractivity contribution in [2.45, 2.75) is 19.4 Å². The smallest absolute Gasteiger partial charge is 0.224 e. The Hall–Kier alpha value is -1.52. The Balaban J connectivity index is 2.12. The Morgan fingerprint density at radius 1 is 1.56 bits per heavy atom. The number of benzene rings is 1. The van der Waals surface area contributed by atoms with Crippen LogP contribution in [0.1, 0.15) is 12.5 Å². The van der Waals surface area contributed by atoms with Gasteiger partial charge in [-0.25, -0.2) is 0 Å². The number of aliphatic hydroxyl groups excluding tert-OH is 1. The van der Waals surface area contributed by atoms with Gasteiger partial charge < -0.3 is 14.8 Å². The summed E-state index contributed by atoms with van der Waals surface area (Å²) in [4.78, 5) is 11.6. The zero-order valence-electron chi connectivity index (χ0n) is 9.94. The summed E-state index contributed by atoms with van der Waals surface area (Å²) in [7, 11) is 0. The molecule has 0 aliphatic carbocycles. The Bertz CT molecular complexity index is 562. The fourth-order valence-electron chi connectivity index (χ4n) is 1.69. The van der Waals surface area contributed by atoms with E-state index in [1.807, 2.05) is 0 Å². The van der Waals surface area contributed by atoms with E-state index in [1.54, 1.807) is 31.4 Å². The first-order valence-electron chi connectivity index (χ1n) is 5.66. The van der Waals surface area contributed by atoms with Crippen LogP contribution in [0.25, 0.3) is 11.0 Å². The van der Waals surface area contributed by atoms with Crippen LogP contribution in [-0.2, 0) is 11.2 Å². The molecule has 2 N–H and O–H groups in total. The molecule has 96 valence electrons. The summed E-state index contributed by atoms with van der Waals surface area (Å²) in [6.45, 7) is 1.86. The van der Waals surface area contributed by atoms with Crippen LogP contribution in [-0.4, -0.2) is 23.7 Å². The maximum absolute atomic E-state index is 11.6.